The molecule has 0 amide bonds. The van der Waals surface area contributed by atoms with Crippen LogP contribution in [0, 0.1) is 5.82 Å². The molecule has 0 radical (unpaired) electrons. The zero-order valence-corrected chi connectivity index (χ0v) is 18.4. The number of ether oxygens (including phenoxy) is 1. The lowest BCUT2D eigenvalue weighted by atomic mass is 10.1. The minimum absolute atomic E-state index is 0.0764. The summed E-state index contributed by atoms with van der Waals surface area (Å²) in [6, 6.07) is 6.37. The number of nitrogens with zero attached hydrogens (tertiary/aromatic N) is 4. The van der Waals surface area contributed by atoms with Crippen LogP contribution in [0.25, 0.3) is 0 Å². The number of carbonyl (C=O) groups excluding carboxylic acids is 1. The number of halogens is 3. The Bertz CT molecular complexity index is 917. The Balaban J connectivity index is 1.77. The lowest BCUT2D eigenvalue weighted by Crippen LogP contribution is -2.49. The van der Waals surface area contributed by atoms with Crippen LogP contribution in [0.15, 0.2) is 33.7 Å². The van der Waals surface area contributed by atoms with Gasteiger partial charge in [-0.25, -0.2) is 9.37 Å². The van der Waals surface area contributed by atoms with E-state index in [1.165, 1.54) is 26.3 Å². The molecule has 1 aromatic heterocycles. The van der Waals surface area contributed by atoms with Crippen molar-refractivity contribution in [3.63, 3.8) is 0 Å². The fraction of sp³-hybridized carbons (Fsp3) is 0.316. The number of anilines is 1. The number of hydrogen-bond donors (Lipinski definition) is 0. The molecule has 0 spiro atoms. The molecule has 1 aromatic carbocycles. The van der Waals surface area contributed by atoms with Crippen LogP contribution in [-0.2, 0) is 0 Å². The standard InChI is InChI=1S/C19H19ClFIN4O2/c1-12(27)13-10-14(20)18(23-11-13)25-6-8-26(9-7-25)19(24-22)17-15(21)4-3-5-16(17)28-2/h3-5,10-11H,6-9H2,1-2H3. The number of carbonyl (C=O) groups is 1. The molecule has 148 valence electrons. The van der Waals surface area contributed by atoms with E-state index in [0.717, 1.165) is 0 Å². The summed E-state index contributed by atoms with van der Waals surface area (Å²) in [5.74, 6) is 1.18. The molecule has 6 nitrogen and oxygen atoms in total. The largest absolute Gasteiger partial charge is 0.496 e. The summed E-state index contributed by atoms with van der Waals surface area (Å²) in [5.41, 5.74) is 0.841. The van der Waals surface area contributed by atoms with Crippen molar-refractivity contribution in [2.24, 2.45) is 3.21 Å². The Morgan fingerprint density at radius 2 is 2.04 bits per heavy atom. The van der Waals surface area contributed by atoms with Gasteiger partial charge in [-0.2, -0.15) is 3.21 Å². The number of hydrogen-bond acceptors (Lipinski definition) is 5. The number of ketones is 1. The van der Waals surface area contributed by atoms with E-state index in [1.807, 2.05) is 32.7 Å². The molecular weight excluding hydrogens is 498 g/mol. The Kier molecular flexibility index (Phi) is 6.71. The summed E-state index contributed by atoms with van der Waals surface area (Å²) in [4.78, 5) is 19.9. The zero-order chi connectivity index (χ0) is 20.3. The van der Waals surface area contributed by atoms with E-state index < -0.39 is 0 Å². The van der Waals surface area contributed by atoms with Crippen molar-refractivity contribution in [1.29, 1.82) is 0 Å². The highest BCUT2D eigenvalue weighted by atomic mass is 127. The van der Waals surface area contributed by atoms with Gasteiger partial charge in [-0.3, -0.25) is 4.79 Å². The summed E-state index contributed by atoms with van der Waals surface area (Å²) in [5, 5.41) is 0.444. The third kappa shape index (κ3) is 4.22. The molecule has 9 heteroatoms. The Labute approximate surface area is 181 Å². The van der Waals surface area contributed by atoms with Gasteiger partial charge in [-0.15, -0.1) is 0 Å². The maximum absolute atomic E-state index is 14.5. The summed E-state index contributed by atoms with van der Waals surface area (Å²) >= 11 is 8.21. The lowest BCUT2D eigenvalue weighted by Gasteiger charge is -2.37. The molecule has 0 atom stereocenters. The number of methoxy groups -OCH3 is 1. The van der Waals surface area contributed by atoms with E-state index in [0.29, 0.717) is 59.7 Å². The van der Waals surface area contributed by atoms with Crippen LogP contribution in [0.1, 0.15) is 22.8 Å². The first kappa shape index (κ1) is 20.8. The maximum atomic E-state index is 14.5. The van der Waals surface area contributed by atoms with Crippen molar-refractivity contribution in [2.75, 3.05) is 38.2 Å². The van der Waals surface area contributed by atoms with Crippen molar-refractivity contribution in [2.45, 2.75) is 6.92 Å². The maximum Gasteiger partial charge on any atom is 0.161 e. The van der Waals surface area contributed by atoms with Gasteiger partial charge in [0.1, 0.15) is 23.2 Å². The predicted molar refractivity (Wildman–Crippen MR) is 117 cm³/mol. The van der Waals surface area contributed by atoms with Gasteiger partial charge in [0.2, 0.25) is 0 Å². The Morgan fingerprint density at radius 1 is 1.32 bits per heavy atom. The van der Waals surface area contributed by atoms with E-state index in [-0.39, 0.29) is 11.6 Å². The van der Waals surface area contributed by atoms with E-state index in [2.05, 4.69) is 8.19 Å². The molecule has 2 aromatic rings. The van der Waals surface area contributed by atoms with Crippen molar-refractivity contribution in [1.82, 2.24) is 9.88 Å². The van der Waals surface area contributed by atoms with Crippen LogP contribution in [0.5, 0.6) is 5.75 Å². The minimum Gasteiger partial charge on any atom is -0.496 e. The molecule has 2 heterocycles. The third-order valence-corrected chi connectivity index (χ3v) is 5.34. The number of Topliss-reactive ketones (excluding diaryl/α,β-unsaturated/α-hetero) is 1. The van der Waals surface area contributed by atoms with Gasteiger partial charge in [0.15, 0.2) is 5.78 Å². The second-order valence-electron chi connectivity index (χ2n) is 6.28. The quantitative estimate of drug-likeness (QED) is 0.266. The second kappa shape index (κ2) is 9.04. The average molecular weight is 517 g/mol. The molecule has 0 N–H and O–H groups in total. The van der Waals surface area contributed by atoms with Crippen LogP contribution in [0.4, 0.5) is 10.2 Å². The van der Waals surface area contributed by atoms with Crippen molar-refractivity contribution >= 4 is 51.9 Å². The first-order valence-corrected chi connectivity index (χ1v) is 9.98. The van der Waals surface area contributed by atoms with Gasteiger partial charge in [0, 0.05) is 37.9 Å². The molecule has 3 rings (SSSR count). The molecule has 0 aliphatic carbocycles. The van der Waals surface area contributed by atoms with Gasteiger partial charge >= 0.3 is 0 Å². The first-order chi connectivity index (χ1) is 13.5. The minimum atomic E-state index is -0.373. The molecule has 1 fully saturated rings. The Hall–Kier alpha value is -1.94. The fourth-order valence-electron chi connectivity index (χ4n) is 3.13. The zero-order valence-electron chi connectivity index (χ0n) is 15.5. The molecule has 0 saturated carbocycles. The van der Waals surface area contributed by atoms with E-state index in [9.17, 15) is 9.18 Å². The van der Waals surface area contributed by atoms with Gasteiger partial charge in [0.05, 0.1) is 40.6 Å². The summed E-state index contributed by atoms with van der Waals surface area (Å²) < 4.78 is 24.1. The average Bonchev–Trinajstić information content (AvgIpc) is 2.70. The molecular formula is C19H19ClFIN4O2. The van der Waals surface area contributed by atoms with E-state index in [4.69, 9.17) is 16.3 Å². The second-order valence-corrected chi connectivity index (χ2v) is 7.17. The van der Waals surface area contributed by atoms with Gasteiger partial charge in [0.25, 0.3) is 0 Å². The number of aromatic nitrogens is 1. The summed E-state index contributed by atoms with van der Waals surface area (Å²) in [6.45, 7) is 3.99. The summed E-state index contributed by atoms with van der Waals surface area (Å²) in [6.07, 6.45) is 1.54. The topological polar surface area (TPSA) is 58.0 Å². The SMILES string of the molecule is COc1cccc(F)c1C(=NI)N1CCN(c2ncc(C(C)=O)cc2Cl)CC1. The fourth-order valence-corrected chi connectivity index (χ4v) is 3.96. The molecule has 0 unspecified atom stereocenters. The van der Waals surface area contributed by atoms with Crippen LogP contribution in [-0.4, -0.2) is 54.8 Å². The van der Waals surface area contributed by atoms with E-state index >= 15 is 0 Å². The molecule has 1 aliphatic rings. The highest BCUT2D eigenvalue weighted by Crippen LogP contribution is 2.28. The number of pyridine rings is 1. The van der Waals surface area contributed by atoms with Gasteiger partial charge < -0.3 is 14.5 Å². The van der Waals surface area contributed by atoms with Crippen molar-refractivity contribution in [3.05, 3.63) is 52.4 Å². The lowest BCUT2D eigenvalue weighted by molar-refractivity contribution is 0.101. The molecule has 1 saturated heterocycles. The number of amidine groups is 1. The van der Waals surface area contributed by atoms with Gasteiger partial charge in [-0.05, 0) is 25.1 Å². The summed E-state index contributed by atoms with van der Waals surface area (Å²) in [7, 11) is 1.51. The number of rotatable bonds is 4. The van der Waals surface area contributed by atoms with Gasteiger partial charge in [-0.1, -0.05) is 17.7 Å². The molecule has 0 bridgehead atoms. The predicted octanol–water partition coefficient (Wildman–Crippen LogP) is 4.00. The monoisotopic (exact) mass is 516 g/mol. The van der Waals surface area contributed by atoms with E-state index in [1.54, 1.807) is 18.2 Å². The normalized spacial score (nSPS) is 15.0. The Morgan fingerprint density at radius 3 is 2.61 bits per heavy atom. The van der Waals surface area contributed by atoms with Crippen LogP contribution in [0.3, 0.4) is 0 Å². The van der Waals surface area contributed by atoms with Crippen LogP contribution < -0.4 is 9.64 Å². The highest BCUT2D eigenvalue weighted by molar-refractivity contribution is 14.1. The number of benzene rings is 1. The smallest absolute Gasteiger partial charge is 0.161 e. The van der Waals surface area contributed by atoms with Crippen LogP contribution >= 0.6 is 34.5 Å². The van der Waals surface area contributed by atoms with Crippen molar-refractivity contribution in [3.8, 4) is 5.75 Å². The third-order valence-electron chi connectivity index (χ3n) is 4.61. The molecule has 28 heavy (non-hydrogen) atoms. The highest BCUT2D eigenvalue weighted by Gasteiger charge is 2.26. The van der Waals surface area contributed by atoms with Crippen molar-refractivity contribution < 1.29 is 13.9 Å². The molecule has 1 aliphatic heterocycles. The van der Waals surface area contributed by atoms with Crippen LogP contribution in [0.2, 0.25) is 5.02 Å². The first-order valence-electron chi connectivity index (χ1n) is 8.64. The number of piperazine rings is 1.